The van der Waals surface area contributed by atoms with Crippen LogP contribution in [0.4, 0.5) is 0 Å². The van der Waals surface area contributed by atoms with E-state index in [-0.39, 0.29) is 16.9 Å². The van der Waals surface area contributed by atoms with Crippen LogP contribution in [-0.4, -0.2) is 31.5 Å². The third kappa shape index (κ3) is 3.06. The van der Waals surface area contributed by atoms with Crippen molar-refractivity contribution in [1.29, 1.82) is 0 Å². The first-order valence-corrected chi connectivity index (χ1v) is 9.50. The Morgan fingerprint density at radius 3 is 2.58 bits per heavy atom. The van der Waals surface area contributed by atoms with Crippen molar-refractivity contribution in [3.05, 3.63) is 41.8 Å². The van der Waals surface area contributed by atoms with Crippen LogP contribution in [0.2, 0.25) is 0 Å². The van der Waals surface area contributed by atoms with Crippen LogP contribution in [0.15, 0.2) is 39.8 Å². The van der Waals surface area contributed by atoms with Gasteiger partial charge in [0.05, 0.1) is 18.0 Å². The highest BCUT2D eigenvalue weighted by molar-refractivity contribution is 7.89. The quantitative estimate of drug-likeness (QED) is 0.827. The maximum Gasteiger partial charge on any atom is 0.243 e. The van der Waals surface area contributed by atoms with Gasteiger partial charge in [0.25, 0.3) is 0 Å². The number of rotatable bonds is 5. The zero-order chi connectivity index (χ0) is 17.3. The van der Waals surface area contributed by atoms with Gasteiger partial charge in [0, 0.05) is 18.5 Å². The molecule has 0 aliphatic carbocycles. The summed E-state index contributed by atoms with van der Waals surface area (Å²) in [6, 6.07) is 8.07. The van der Waals surface area contributed by atoms with E-state index in [0.717, 1.165) is 18.6 Å². The fraction of sp³-hybridized carbons (Fsp3) is 0.471. The van der Waals surface area contributed by atoms with Crippen molar-refractivity contribution in [3.63, 3.8) is 0 Å². The SMILES string of the molecule is COc1ccc(S(=O)(=O)N2CCCC2c2cc(C(C)C)on2)cc1. The topological polar surface area (TPSA) is 72.6 Å². The molecule has 0 saturated carbocycles. The molecule has 24 heavy (non-hydrogen) atoms. The number of ether oxygens (including phenoxy) is 1. The summed E-state index contributed by atoms with van der Waals surface area (Å²) in [6.45, 7) is 4.53. The Morgan fingerprint density at radius 2 is 2.00 bits per heavy atom. The van der Waals surface area contributed by atoms with Gasteiger partial charge in [-0.1, -0.05) is 19.0 Å². The molecule has 1 aliphatic rings. The van der Waals surface area contributed by atoms with Crippen molar-refractivity contribution in [2.24, 2.45) is 0 Å². The molecule has 130 valence electrons. The number of hydrogen-bond donors (Lipinski definition) is 0. The van der Waals surface area contributed by atoms with E-state index in [1.165, 1.54) is 4.31 Å². The van der Waals surface area contributed by atoms with Crippen molar-refractivity contribution in [2.75, 3.05) is 13.7 Å². The molecule has 0 spiro atoms. The minimum atomic E-state index is -3.58. The average molecular weight is 350 g/mol. The summed E-state index contributed by atoms with van der Waals surface area (Å²) < 4.78 is 37.9. The summed E-state index contributed by atoms with van der Waals surface area (Å²) >= 11 is 0. The van der Waals surface area contributed by atoms with E-state index in [4.69, 9.17) is 9.26 Å². The van der Waals surface area contributed by atoms with Crippen LogP contribution in [0.3, 0.4) is 0 Å². The molecule has 1 unspecified atom stereocenters. The maximum absolute atomic E-state index is 13.0. The Kier molecular flexibility index (Phi) is 4.64. The summed E-state index contributed by atoms with van der Waals surface area (Å²) in [5.74, 6) is 1.63. The fourth-order valence-electron chi connectivity index (χ4n) is 2.94. The van der Waals surface area contributed by atoms with Crippen molar-refractivity contribution < 1.29 is 17.7 Å². The smallest absolute Gasteiger partial charge is 0.243 e. The van der Waals surface area contributed by atoms with Gasteiger partial charge in [-0.3, -0.25) is 0 Å². The summed E-state index contributed by atoms with van der Waals surface area (Å²) in [4.78, 5) is 0.266. The zero-order valence-electron chi connectivity index (χ0n) is 14.1. The summed E-state index contributed by atoms with van der Waals surface area (Å²) in [6.07, 6.45) is 1.56. The first-order valence-electron chi connectivity index (χ1n) is 8.06. The molecule has 1 atom stereocenters. The van der Waals surface area contributed by atoms with Gasteiger partial charge in [0.2, 0.25) is 10.0 Å². The highest BCUT2D eigenvalue weighted by Gasteiger charge is 2.38. The summed E-state index contributed by atoms with van der Waals surface area (Å²) in [7, 11) is -2.02. The first kappa shape index (κ1) is 17.0. The van der Waals surface area contributed by atoms with E-state index in [9.17, 15) is 8.42 Å². The summed E-state index contributed by atoms with van der Waals surface area (Å²) in [5.41, 5.74) is 0.688. The molecule has 1 saturated heterocycles. The van der Waals surface area contributed by atoms with Crippen LogP contribution in [0.1, 0.15) is 50.1 Å². The molecule has 3 rings (SSSR count). The Labute approximate surface area is 142 Å². The van der Waals surface area contributed by atoms with Gasteiger partial charge in [-0.25, -0.2) is 8.42 Å². The van der Waals surface area contributed by atoms with Crippen molar-refractivity contribution in [2.45, 2.75) is 43.5 Å². The first-order chi connectivity index (χ1) is 11.4. The number of benzene rings is 1. The van der Waals surface area contributed by atoms with E-state index in [0.29, 0.717) is 18.0 Å². The van der Waals surface area contributed by atoms with Crippen LogP contribution in [-0.2, 0) is 10.0 Å². The van der Waals surface area contributed by atoms with Gasteiger partial charge in [0.1, 0.15) is 17.2 Å². The molecular formula is C17H22N2O4S. The Morgan fingerprint density at radius 1 is 1.29 bits per heavy atom. The van der Waals surface area contributed by atoms with Crippen LogP contribution in [0.25, 0.3) is 0 Å². The van der Waals surface area contributed by atoms with E-state index < -0.39 is 10.0 Å². The van der Waals surface area contributed by atoms with Crippen LogP contribution < -0.4 is 4.74 Å². The molecule has 0 radical (unpaired) electrons. The summed E-state index contributed by atoms with van der Waals surface area (Å²) in [5, 5.41) is 4.10. The molecule has 1 aliphatic heterocycles. The van der Waals surface area contributed by atoms with E-state index in [1.54, 1.807) is 31.4 Å². The second-order valence-electron chi connectivity index (χ2n) is 6.26. The Hall–Kier alpha value is -1.86. The molecular weight excluding hydrogens is 328 g/mol. The van der Waals surface area contributed by atoms with Crippen molar-refractivity contribution >= 4 is 10.0 Å². The molecule has 1 aromatic carbocycles. The van der Waals surface area contributed by atoms with Gasteiger partial charge in [-0.2, -0.15) is 4.31 Å². The minimum Gasteiger partial charge on any atom is -0.497 e. The highest BCUT2D eigenvalue weighted by atomic mass is 32.2. The lowest BCUT2D eigenvalue weighted by atomic mass is 10.1. The molecule has 2 aromatic rings. The molecule has 6 nitrogen and oxygen atoms in total. The third-order valence-corrected chi connectivity index (χ3v) is 6.25. The predicted molar refractivity (Wildman–Crippen MR) is 89.5 cm³/mol. The van der Waals surface area contributed by atoms with Gasteiger partial charge < -0.3 is 9.26 Å². The fourth-order valence-corrected chi connectivity index (χ4v) is 4.61. The van der Waals surface area contributed by atoms with E-state index in [2.05, 4.69) is 5.16 Å². The molecule has 2 heterocycles. The van der Waals surface area contributed by atoms with Gasteiger partial charge in [0.15, 0.2) is 0 Å². The number of methoxy groups -OCH3 is 1. The van der Waals surface area contributed by atoms with E-state index >= 15 is 0 Å². The molecule has 0 amide bonds. The number of aromatic nitrogens is 1. The number of sulfonamides is 1. The predicted octanol–water partition coefficient (Wildman–Crippen LogP) is 3.33. The molecule has 0 N–H and O–H groups in total. The standard InChI is InChI=1S/C17H22N2O4S/c1-12(2)17-11-15(18-23-17)16-5-4-10-19(16)24(20,21)14-8-6-13(22-3)7-9-14/h6-9,11-12,16H,4-5,10H2,1-3H3. The second kappa shape index (κ2) is 6.57. The lowest BCUT2D eigenvalue weighted by molar-refractivity contribution is 0.338. The third-order valence-electron chi connectivity index (χ3n) is 4.33. The van der Waals surface area contributed by atoms with Gasteiger partial charge >= 0.3 is 0 Å². The van der Waals surface area contributed by atoms with Crippen LogP contribution >= 0.6 is 0 Å². The molecule has 1 fully saturated rings. The van der Waals surface area contributed by atoms with Gasteiger partial charge in [-0.15, -0.1) is 0 Å². The normalized spacial score (nSPS) is 19.1. The number of nitrogens with zero attached hydrogens (tertiary/aromatic N) is 2. The highest BCUT2D eigenvalue weighted by Crippen LogP contribution is 2.37. The lowest BCUT2D eigenvalue weighted by Gasteiger charge is -2.22. The molecule has 1 aromatic heterocycles. The maximum atomic E-state index is 13.0. The van der Waals surface area contributed by atoms with E-state index in [1.807, 2.05) is 19.9 Å². The van der Waals surface area contributed by atoms with Crippen molar-refractivity contribution in [3.8, 4) is 5.75 Å². The largest absolute Gasteiger partial charge is 0.497 e. The molecule has 0 bridgehead atoms. The zero-order valence-corrected chi connectivity index (χ0v) is 14.9. The van der Waals surface area contributed by atoms with Crippen LogP contribution in [0, 0.1) is 0 Å². The molecule has 7 heteroatoms. The Balaban J connectivity index is 1.90. The Bertz CT molecular complexity index is 796. The second-order valence-corrected chi connectivity index (χ2v) is 8.15. The lowest BCUT2D eigenvalue weighted by Crippen LogP contribution is -2.30. The van der Waals surface area contributed by atoms with Crippen molar-refractivity contribution in [1.82, 2.24) is 9.46 Å². The minimum absolute atomic E-state index is 0.222. The monoisotopic (exact) mass is 350 g/mol. The number of hydrogen-bond acceptors (Lipinski definition) is 5. The average Bonchev–Trinajstić information content (AvgIpc) is 3.23. The van der Waals surface area contributed by atoms with Gasteiger partial charge in [-0.05, 0) is 37.1 Å². The van der Waals surface area contributed by atoms with Crippen LogP contribution in [0.5, 0.6) is 5.75 Å².